The first kappa shape index (κ1) is 22.0. The summed E-state index contributed by atoms with van der Waals surface area (Å²) in [5.74, 6) is -0.319. The SMILES string of the molecule is COc1cc(C(=O)C(C#N)c2nc3sc4c(c3c(=O)[nH]2)CCCC4)ccc1OCC(C)C. The molecule has 7 nitrogen and oxygen atoms in total. The van der Waals surface area contributed by atoms with E-state index in [1.165, 1.54) is 23.3 Å². The molecule has 1 atom stereocenters. The Kier molecular flexibility index (Phi) is 6.28. The molecule has 4 rings (SSSR count). The van der Waals surface area contributed by atoms with Gasteiger partial charge in [-0.25, -0.2) is 4.98 Å². The first-order valence-electron chi connectivity index (χ1n) is 10.7. The quantitative estimate of drug-likeness (QED) is 0.534. The number of nitriles is 1. The molecule has 2 heterocycles. The Hall–Kier alpha value is -3.18. The van der Waals surface area contributed by atoms with E-state index in [1.54, 1.807) is 18.2 Å². The molecule has 0 amide bonds. The Labute approximate surface area is 190 Å². The van der Waals surface area contributed by atoms with Gasteiger partial charge >= 0.3 is 0 Å². The van der Waals surface area contributed by atoms with Crippen LogP contribution in [0.1, 0.15) is 59.2 Å². The molecule has 0 spiro atoms. The molecule has 2 aromatic heterocycles. The monoisotopic (exact) mass is 451 g/mol. The highest BCUT2D eigenvalue weighted by molar-refractivity contribution is 7.18. The molecule has 1 aromatic carbocycles. The van der Waals surface area contributed by atoms with Gasteiger partial charge < -0.3 is 14.5 Å². The number of nitrogens with zero attached hydrogens (tertiary/aromatic N) is 2. The van der Waals surface area contributed by atoms with E-state index >= 15 is 0 Å². The predicted molar refractivity (Wildman–Crippen MR) is 123 cm³/mol. The number of benzene rings is 1. The summed E-state index contributed by atoms with van der Waals surface area (Å²) in [6, 6.07) is 6.84. The van der Waals surface area contributed by atoms with Crippen LogP contribution in [0.2, 0.25) is 0 Å². The summed E-state index contributed by atoms with van der Waals surface area (Å²) in [5.41, 5.74) is 1.07. The third kappa shape index (κ3) is 4.13. The molecule has 0 saturated carbocycles. The zero-order valence-electron chi connectivity index (χ0n) is 18.4. The maximum absolute atomic E-state index is 13.2. The summed E-state index contributed by atoms with van der Waals surface area (Å²) in [4.78, 5) is 35.0. The minimum atomic E-state index is -1.22. The fourth-order valence-electron chi connectivity index (χ4n) is 3.92. The van der Waals surface area contributed by atoms with Gasteiger partial charge in [-0.2, -0.15) is 5.26 Å². The van der Waals surface area contributed by atoms with Crippen molar-refractivity contribution in [3.8, 4) is 17.6 Å². The zero-order chi connectivity index (χ0) is 22.8. The van der Waals surface area contributed by atoms with E-state index < -0.39 is 11.7 Å². The normalized spacial score (nSPS) is 14.1. The van der Waals surface area contributed by atoms with Gasteiger partial charge in [-0.15, -0.1) is 11.3 Å². The predicted octanol–water partition coefficient (Wildman–Crippen LogP) is 4.40. The van der Waals surface area contributed by atoms with Crippen molar-refractivity contribution in [2.75, 3.05) is 13.7 Å². The number of methoxy groups -OCH3 is 1. The van der Waals surface area contributed by atoms with Crippen LogP contribution in [-0.2, 0) is 12.8 Å². The molecule has 0 fully saturated rings. The number of hydrogen-bond acceptors (Lipinski definition) is 7. The van der Waals surface area contributed by atoms with E-state index in [0.717, 1.165) is 31.2 Å². The number of ketones is 1. The minimum Gasteiger partial charge on any atom is -0.493 e. The average molecular weight is 452 g/mol. The van der Waals surface area contributed by atoms with E-state index in [2.05, 4.69) is 9.97 Å². The van der Waals surface area contributed by atoms with Gasteiger partial charge in [-0.1, -0.05) is 13.8 Å². The molecule has 1 aliphatic rings. The number of carbonyl (C=O) groups excluding carboxylic acids is 1. The molecule has 1 unspecified atom stereocenters. The van der Waals surface area contributed by atoms with Crippen molar-refractivity contribution >= 4 is 27.3 Å². The zero-order valence-corrected chi connectivity index (χ0v) is 19.2. The van der Waals surface area contributed by atoms with Crippen LogP contribution in [0.3, 0.4) is 0 Å². The second kappa shape index (κ2) is 9.13. The van der Waals surface area contributed by atoms with Gasteiger partial charge in [0, 0.05) is 10.4 Å². The number of nitrogens with one attached hydrogen (secondary N) is 1. The van der Waals surface area contributed by atoms with E-state index in [0.29, 0.717) is 39.8 Å². The Morgan fingerprint density at radius 1 is 1.28 bits per heavy atom. The summed E-state index contributed by atoms with van der Waals surface area (Å²) >= 11 is 1.49. The molecule has 0 saturated heterocycles. The summed E-state index contributed by atoms with van der Waals surface area (Å²) in [6.07, 6.45) is 3.96. The first-order chi connectivity index (χ1) is 15.4. The van der Waals surface area contributed by atoms with Gasteiger partial charge in [-0.05, 0) is 55.4 Å². The molecule has 8 heteroatoms. The van der Waals surface area contributed by atoms with E-state index in [4.69, 9.17) is 9.47 Å². The van der Waals surface area contributed by atoms with Gasteiger partial charge in [0.25, 0.3) is 5.56 Å². The standard InChI is InChI=1S/C24H25N3O4S/c1-13(2)12-31-17-9-8-14(10-18(17)30-3)21(28)16(11-25)22-26-23(29)20-15-6-4-5-7-19(15)32-24(20)27-22/h8-10,13,16H,4-7,12H2,1-3H3,(H,26,27,29). The van der Waals surface area contributed by atoms with Gasteiger partial charge in [0.15, 0.2) is 23.2 Å². The molecule has 0 aliphatic heterocycles. The Bertz CT molecular complexity index is 1270. The second-order valence-electron chi connectivity index (χ2n) is 8.34. The lowest BCUT2D eigenvalue weighted by Crippen LogP contribution is -2.20. The maximum Gasteiger partial charge on any atom is 0.259 e. The van der Waals surface area contributed by atoms with Gasteiger partial charge in [0.2, 0.25) is 0 Å². The molecule has 0 bridgehead atoms. The molecule has 1 aliphatic carbocycles. The second-order valence-corrected chi connectivity index (χ2v) is 9.42. The molecule has 0 radical (unpaired) electrons. The number of fused-ring (bicyclic) bond motifs is 3. The number of aromatic amines is 1. The summed E-state index contributed by atoms with van der Waals surface area (Å²) in [7, 11) is 1.50. The lowest BCUT2D eigenvalue weighted by Gasteiger charge is -2.14. The molecular formula is C24H25N3O4S. The van der Waals surface area contributed by atoms with Crippen molar-refractivity contribution in [1.82, 2.24) is 9.97 Å². The number of aromatic nitrogens is 2. The minimum absolute atomic E-state index is 0.0766. The Morgan fingerprint density at radius 3 is 2.78 bits per heavy atom. The number of aryl methyl sites for hydroxylation is 2. The van der Waals surface area contributed by atoms with Crippen molar-refractivity contribution in [1.29, 1.82) is 5.26 Å². The van der Waals surface area contributed by atoms with Crippen LogP contribution in [-0.4, -0.2) is 29.5 Å². The average Bonchev–Trinajstić information content (AvgIpc) is 3.17. The highest BCUT2D eigenvalue weighted by atomic mass is 32.1. The van der Waals surface area contributed by atoms with Crippen LogP contribution in [0.25, 0.3) is 10.2 Å². The summed E-state index contributed by atoms with van der Waals surface area (Å²) < 4.78 is 11.1. The molecule has 1 N–H and O–H groups in total. The van der Waals surface area contributed by atoms with Crippen LogP contribution in [0.4, 0.5) is 0 Å². The Morgan fingerprint density at radius 2 is 2.06 bits per heavy atom. The van der Waals surface area contributed by atoms with Crippen LogP contribution in [0.15, 0.2) is 23.0 Å². The number of rotatable bonds is 7. The lowest BCUT2D eigenvalue weighted by molar-refractivity contribution is 0.0975. The molecular weight excluding hydrogens is 426 g/mol. The number of hydrogen-bond donors (Lipinski definition) is 1. The molecule has 32 heavy (non-hydrogen) atoms. The fraction of sp³-hybridized carbons (Fsp3) is 0.417. The first-order valence-corrected chi connectivity index (χ1v) is 11.5. The molecule has 166 valence electrons. The maximum atomic E-state index is 13.2. The van der Waals surface area contributed by atoms with Crippen molar-refractivity contribution in [2.24, 2.45) is 5.92 Å². The third-order valence-electron chi connectivity index (χ3n) is 5.53. The Balaban J connectivity index is 1.68. The number of H-pyrrole nitrogens is 1. The van der Waals surface area contributed by atoms with Crippen molar-refractivity contribution in [2.45, 2.75) is 45.4 Å². The largest absolute Gasteiger partial charge is 0.493 e. The van der Waals surface area contributed by atoms with E-state index in [1.807, 2.05) is 19.9 Å². The smallest absolute Gasteiger partial charge is 0.259 e. The van der Waals surface area contributed by atoms with Crippen molar-refractivity contribution in [3.63, 3.8) is 0 Å². The van der Waals surface area contributed by atoms with E-state index in [9.17, 15) is 14.9 Å². The number of carbonyl (C=O) groups is 1. The highest BCUT2D eigenvalue weighted by Gasteiger charge is 2.28. The van der Waals surface area contributed by atoms with Crippen LogP contribution in [0, 0.1) is 17.2 Å². The topological polar surface area (TPSA) is 105 Å². The number of Topliss-reactive ketones (excluding diaryl/α,β-unsaturated/α-hetero) is 1. The third-order valence-corrected chi connectivity index (χ3v) is 6.71. The lowest BCUT2D eigenvalue weighted by atomic mass is 9.96. The van der Waals surface area contributed by atoms with Gasteiger partial charge in [0.05, 0.1) is 25.2 Å². The van der Waals surface area contributed by atoms with E-state index in [-0.39, 0.29) is 11.4 Å². The van der Waals surface area contributed by atoms with Crippen LogP contribution < -0.4 is 15.0 Å². The van der Waals surface area contributed by atoms with Crippen molar-refractivity contribution in [3.05, 3.63) is 50.4 Å². The highest BCUT2D eigenvalue weighted by Crippen LogP contribution is 2.34. The number of thiophene rings is 1. The number of ether oxygens (including phenoxy) is 2. The fourth-order valence-corrected chi connectivity index (χ4v) is 5.19. The summed E-state index contributed by atoms with van der Waals surface area (Å²) in [5, 5.41) is 10.4. The van der Waals surface area contributed by atoms with Crippen LogP contribution in [0.5, 0.6) is 11.5 Å². The molecule has 3 aromatic rings. The van der Waals surface area contributed by atoms with Crippen LogP contribution >= 0.6 is 11.3 Å². The summed E-state index contributed by atoms with van der Waals surface area (Å²) in [6.45, 7) is 4.59. The van der Waals surface area contributed by atoms with Gasteiger partial charge in [-0.3, -0.25) is 9.59 Å². The van der Waals surface area contributed by atoms with Crippen molar-refractivity contribution < 1.29 is 14.3 Å². The van der Waals surface area contributed by atoms with Gasteiger partial charge in [0.1, 0.15) is 10.7 Å².